The maximum atomic E-state index is 5.76. The third kappa shape index (κ3) is 2.33. The number of rotatable bonds is 2. The van der Waals surface area contributed by atoms with E-state index in [0.717, 1.165) is 12.1 Å². The van der Waals surface area contributed by atoms with E-state index < -0.39 is 0 Å². The maximum Gasteiger partial charge on any atom is 0.148 e. The minimum atomic E-state index is 0.618. The molecular weight excluding hydrogens is 210 g/mol. The van der Waals surface area contributed by atoms with E-state index in [2.05, 4.69) is 38.0 Å². The van der Waals surface area contributed by atoms with Gasteiger partial charge in [-0.3, -0.25) is 4.68 Å². The number of aromatic nitrogens is 2. The van der Waals surface area contributed by atoms with Crippen LogP contribution < -0.4 is 5.73 Å². The molecule has 0 radical (unpaired) electrons. The molecule has 3 heteroatoms. The fourth-order valence-electron chi connectivity index (χ4n) is 2.24. The topological polar surface area (TPSA) is 43.8 Å². The van der Waals surface area contributed by atoms with Crippen LogP contribution in [0.5, 0.6) is 0 Å². The first-order valence-corrected chi connectivity index (χ1v) is 5.83. The summed E-state index contributed by atoms with van der Waals surface area (Å²) >= 11 is 0. The zero-order chi connectivity index (χ0) is 12.6. The molecule has 0 atom stereocenters. The summed E-state index contributed by atoms with van der Waals surface area (Å²) in [5.74, 6) is 0.618. The van der Waals surface area contributed by atoms with Crippen molar-refractivity contribution in [3.8, 4) is 0 Å². The van der Waals surface area contributed by atoms with Gasteiger partial charge in [0, 0.05) is 11.8 Å². The van der Waals surface area contributed by atoms with Crippen LogP contribution in [0.1, 0.15) is 27.8 Å². The van der Waals surface area contributed by atoms with Crippen molar-refractivity contribution in [2.75, 3.05) is 5.73 Å². The number of anilines is 1. The fraction of sp³-hybridized carbons (Fsp3) is 0.357. The molecule has 1 heterocycles. The summed E-state index contributed by atoms with van der Waals surface area (Å²) in [7, 11) is 0. The second-order valence-corrected chi connectivity index (χ2v) is 4.77. The Balaban J connectivity index is 2.36. The standard InChI is InChI=1S/C14H19N3/c1-9-5-10(2)13(11(3)6-9)8-17-7-12(4)14(15)16-17/h5-7H,8H2,1-4H3,(H2,15,16). The molecule has 1 aromatic heterocycles. The highest BCUT2D eigenvalue weighted by molar-refractivity contribution is 5.39. The molecule has 0 aliphatic carbocycles. The number of nitrogens with zero attached hydrogens (tertiary/aromatic N) is 2. The minimum Gasteiger partial charge on any atom is -0.382 e. The molecule has 90 valence electrons. The van der Waals surface area contributed by atoms with Gasteiger partial charge in [0.25, 0.3) is 0 Å². The number of benzene rings is 1. The van der Waals surface area contributed by atoms with Crippen LogP contribution in [-0.4, -0.2) is 9.78 Å². The lowest BCUT2D eigenvalue weighted by Crippen LogP contribution is -2.05. The lowest BCUT2D eigenvalue weighted by molar-refractivity contribution is 0.683. The van der Waals surface area contributed by atoms with Crippen LogP contribution >= 0.6 is 0 Å². The summed E-state index contributed by atoms with van der Waals surface area (Å²) < 4.78 is 1.91. The Morgan fingerprint density at radius 2 is 1.65 bits per heavy atom. The summed E-state index contributed by atoms with van der Waals surface area (Å²) in [6, 6.07) is 4.42. The number of nitrogen functional groups attached to an aromatic ring is 1. The van der Waals surface area contributed by atoms with Gasteiger partial charge in [0.2, 0.25) is 0 Å². The predicted octanol–water partition coefficient (Wildman–Crippen LogP) is 2.75. The summed E-state index contributed by atoms with van der Waals surface area (Å²) in [4.78, 5) is 0. The highest BCUT2D eigenvalue weighted by Gasteiger charge is 2.07. The monoisotopic (exact) mass is 229 g/mol. The molecule has 2 N–H and O–H groups in total. The average Bonchev–Trinajstić information content (AvgIpc) is 2.52. The van der Waals surface area contributed by atoms with Crippen LogP contribution in [0.4, 0.5) is 5.82 Å². The van der Waals surface area contributed by atoms with Gasteiger partial charge in [-0.25, -0.2) is 0 Å². The van der Waals surface area contributed by atoms with E-state index in [1.807, 2.05) is 17.8 Å². The largest absolute Gasteiger partial charge is 0.382 e. The van der Waals surface area contributed by atoms with Crippen molar-refractivity contribution < 1.29 is 0 Å². The molecule has 2 aromatic rings. The van der Waals surface area contributed by atoms with Crippen molar-refractivity contribution in [3.63, 3.8) is 0 Å². The van der Waals surface area contributed by atoms with Gasteiger partial charge in [0.15, 0.2) is 0 Å². The molecule has 0 aliphatic rings. The van der Waals surface area contributed by atoms with E-state index in [9.17, 15) is 0 Å². The second-order valence-electron chi connectivity index (χ2n) is 4.77. The van der Waals surface area contributed by atoms with Crippen LogP contribution in [0.25, 0.3) is 0 Å². The number of aryl methyl sites for hydroxylation is 4. The van der Waals surface area contributed by atoms with E-state index in [-0.39, 0.29) is 0 Å². The van der Waals surface area contributed by atoms with Gasteiger partial charge >= 0.3 is 0 Å². The van der Waals surface area contributed by atoms with Gasteiger partial charge in [-0.2, -0.15) is 5.10 Å². The highest BCUT2D eigenvalue weighted by atomic mass is 15.3. The minimum absolute atomic E-state index is 0.618. The Bertz CT molecular complexity index is 510. The summed E-state index contributed by atoms with van der Waals surface area (Å²) in [6.45, 7) is 9.19. The van der Waals surface area contributed by atoms with Gasteiger partial charge in [0.1, 0.15) is 5.82 Å². The molecule has 17 heavy (non-hydrogen) atoms. The molecule has 0 amide bonds. The third-order valence-electron chi connectivity index (χ3n) is 3.14. The quantitative estimate of drug-likeness (QED) is 0.860. The number of hydrogen-bond acceptors (Lipinski definition) is 2. The van der Waals surface area contributed by atoms with Gasteiger partial charge in [-0.15, -0.1) is 0 Å². The van der Waals surface area contributed by atoms with Gasteiger partial charge in [-0.05, 0) is 44.4 Å². The Morgan fingerprint density at radius 1 is 1.06 bits per heavy atom. The molecule has 0 spiro atoms. The van der Waals surface area contributed by atoms with E-state index in [1.54, 1.807) is 0 Å². The lowest BCUT2D eigenvalue weighted by Gasteiger charge is -2.11. The maximum absolute atomic E-state index is 5.76. The summed E-state index contributed by atoms with van der Waals surface area (Å²) in [6.07, 6.45) is 1.99. The Morgan fingerprint density at radius 3 is 2.12 bits per heavy atom. The Labute approximate surface area is 102 Å². The van der Waals surface area contributed by atoms with Crippen LogP contribution in [-0.2, 0) is 6.54 Å². The van der Waals surface area contributed by atoms with Crippen LogP contribution in [0, 0.1) is 27.7 Å². The van der Waals surface area contributed by atoms with Crippen molar-refractivity contribution in [1.29, 1.82) is 0 Å². The van der Waals surface area contributed by atoms with Gasteiger partial charge in [-0.1, -0.05) is 17.7 Å². The van der Waals surface area contributed by atoms with Crippen molar-refractivity contribution in [2.24, 2.45) is 0 Å². The van der Waals surface area contributed by atoms with Crippen molar-refractivity contribution in [1.82, 2.24) is 9.78 Å². The zero-order valence-electron chi connectivity index (χ0n) is 10.9. The van der Waals surface area contributed by atoms with Crippen molar-refractivity contribution >= 4 is 5.82 Å². The average molecular weight is 229 g/mol. The molecule has 2 rings (SSSR count). The molecule has 0 unspecified atom stereocenters. The Hall–Kier alpha value is -1.77. The molecule has 0 saturated carbocycles. The zero-order valence-corrected chi connectivity index (χ0v) is 10.9. The first kappa shape index (κ1) is 11.7. The van der Waals surface area contributed by atoms with Crippen molar-refractivity contribution in [2.45, 2.75) is 34.2 Å². The highest BCUT2D eigenvalue weighted by Crippen LogP contribution is 2.18. The summed E-state index contributed by atoms with van der Waals surface area (Å²) in [5.41, 5.74) is 12.1. The van der Waals surface area contributed by atoms with Crippen LogP contribution in [0.15, 0.2) is 18.3 Å². The number of hydrogen-bond donors (Lipinski definition) is 1. The van der Waals surface area contributed by atoms with Crippen molar-refractivity contribution in [3.05, 3.63) is 46.1 Å². The molecule has 1 aromatic carbocycles. The first-order chi connectivity index (χ1) is 7.97. The molecular formula is C14H19N3. The predicted molar refractivity (Wildman–Crippen MR) is 71.1 cm³/mol. The molecule has 0 saturated heterocycles. The van der Waals surface area contributed by atoms with E-state index in [1.165, 1.54) is 22.3 Å². The molecule has 0 fully saturated rings. The second kappa shape index (κ2) is 4.24. The summed E-state index contributed by atoms with van der Waals surface area (Å²) in [5, 5.41) is 4.30. The van der Waals surface area contributed by atoms with E-state index >= 15 is 0 Å². The Kier molecular flexibility index (Phi) is 2.92. The van der Waals surface area contributed by atoms with Crippen LogP contribution in [0.2, 0.25) is 0 Å². The fourth-order valence-corrected chi connectivity index (χ4v) is 2.24. The molecule has 0 bridgehead atoms. The smallest absolute Gasteiger partial charge is 0.148 e. The van der Waals surface area contributed by atoms with Crippen LogP contribution in [0.3, 0.4) is 0 Å². The van der Waals surface area contributed by atoms with Gasteiger partial charge < -0.3 is 5.73 Å². The SMILES string of the molecule is Cc1cc(C)c(Cn2cc(C)c(N)n2)c(C)c1. The first-order valence-electron chi connectivity index (χ1n) is 5.83. The van der Waals surface area contributed by atoms with E-state index in [0.29, 0.717) is 5.82 Å². The molecule has 3 nitrogen and oxygen atoms in total. The normalized spacial score (nSPS) is 10.8. The molecule has 0 aliphatic heterocycles. The number of nitrogens with two attached hydrogens (primary N) is 1. The third-order valence-corrected chi connectivity index (χ3v) is 3.14. The van der Waals surface area contributed by atoms with E-state index in [4.69, 9.17) is 5.73 Å². The lowest BCUT2D eigenvalue weighted by atomic mass is 10.00. The van der Waals surface area contributed by atoms with Gasteiger partial charge in [0.05, 0.1) is 6.54 Å².